The lowest BCUT2D eigenvalue weighted by Crippen LogP contribution is -2.12. The molecule has 4 aromatic heterocycles. The molecule has 0 aliphatic heterocycles. The Balaban J connectivity index is 1.69. The van der Waals surface area contributed by atoms with Gasteiger partial charge in [-0.3, -0.25) is 5.10 Å². The number of nitrogens with zero attached hydrogens (tertiary/aromatic N) is 10. The van der Waals surface area contributed by atoms with Crippen LogP contribution in [-0.2, 0) is 5.41 Å². The van der Waals surface area contributed by atoms with Gasteiger partial charge in [-0.1, -0.05) is 51.1 Å². The van der Waals surface area contributed by atoms with Crippen molar-refractivity contribution in [1.82, 2.24) is 39.6 Å². The number of hydrogen-bond acceptors (Lipinski definition) is 7. The van der Waals surface area contributed by atoms with Crippen molar-refractivity contribution in [1.29, 1.82) is 0 Å². The molecule has 168 valence electrons. The number of hydrogen-bond donors (Lipinski definition) is 1. The van der Waals surface area contributed by atoms with E-state index in [2.05, 4.69) is 61.1 Å². The number of aromatic amines is 1. The highest BCUT2D eigenvalue weighted by molar-refractivity contribution is 5.72. The second kappa shape index (κ2) is 8.00. The fourth-order valence-corrected chi connectivity index (χ4v) is 3.56. The van der Waals surface area contributed by atoms with Crippen LogP contribution in [0.2, 0.25) is 0 Å². The Morgan fingerprint density at radius 1 is 1.00 bits per heavy atom. The molecule has 5 aromatic rings. The Morgan fingerprint density at radius 2 is 1.74 bits per heavy atom. The quantitative estimate of drug-likeness (QED) is 0.295. The van der Waals surface area contributed by atoms with Crippen LogP contribution in [0.4, 0.5) is 17.2 Å². The predicted molar refractivity (Wildman–Crippen MR) is 126 cm³/mol. The summed E-state index contributed by atoms with van der Waals surface area (Å²) in [6, 6.07) is 11.5. The van der Waals surface area contributed by atoms with E-state index >= 15 is 0 Å². The van der Waals surface area contributed by atoms with Gasteiger partial charge in [0.1, 0.15) is 0 Å². The van der Waals surface area contributed by atoms with Gasteiger partial charge in [0.15, 0.2) is 23.0 Å². The molecule has 0 bridgehead atoms. The molecule has 5 rings (SSSR count). The molecule has 34 heavy (non-hydrogen) atoms. The van der Waals surface area contributed by atoms with Gasteiger partial charge in [-0.25, -0.2) is 14.8 Å². The van der Waals surface area contributed by atoms with E-state index in [9.17, 15) is 0 Å². The van der Waals surface area contributed by atoms with Crippen molar-refractivity contribution >= 4 is 22.8 Å². The number of fused-ring (bicyclic) bond motifs is 1. The standard InChI is InChI=1S/C23H21N11/c1-14-16(24-5)20(34(31-14)22-25-12-9-13-26-22)29-27-17-18(23(2,3)4)32-33-19(28-30-21(17)33)15-10-7-6-8-11-15/h6-13,30H,1-4H3/b29-27+. The molecule has 11 nitrogen and oxygen atoms in total. The number of aromatic nitrogens is 8. The molecule has 0 aliphatic carbocycles. The maximum absolute atomic E-state index is 7.62. The van der Waals surface area contributed by atoms with Gasteiger partial charge in [0.2, 0.25) is 0 Å². The Labute approximate surface area is 195 Å². The molecule has 4 heterocycles. The minimum absolute atomic E-state index is 0.251. The second-order valence-electron chi connectivity index (χ2n) is 8.65. The predicted octanol–water partition coefficient (Wildman–Crippen LogP) is 5.27. The third-order valence-corrected chi connectivity index (χ3v) is 5.17. The highest BCUT2D eigenvalue weighted by atomic mass is 15.4. The van der Waals surface area contributed by atoms with Crippen molar-refractivity contribution in [2.45, 2.75) is 33.1 Å². The van der Waals surface area contributed by atoms with Crippen LogP contribution in [0.1, 0.15) is 32.2 Å². The van der Waals surface area contributed by atoms with Gasteiger partial charge in [0, 0.05) is 23.4 Å². The highest BCUT2D eigenvalue weighted by Gasteiger charge is 2.28. The first-order valence-corrected chi connectivity index (χ1v) is 10.6. The molecule has 0 amide bonds. The number of azo groups is 1. The number of benzene rings is 1. The molecular formula is C23H21N11. The first-order valence-electron chi connectivity index (χ1n) is 10.6. The van der Waals surface area contributed by atoms with Gasteiger partial charge in [-0.05, 0) is 13.0 Å². The van der Waals surface area contributed by atoms with E-state index in [4.69, 9.17) is 11.7 Å². The number of aryl methyl sites for hydroxylation is 1. The molecule has 0 saturated heterocycles. The van der Waals surface area contributed by atoms with Crippen molar-refractivity contribution in [3.63, 3.8) is 0 Å². The topological polar surface area (TPSA) is 119 Å². The monoisotopic (exact) mass is 451 g/mol. The smallest absolute Gasteiger partial charge is 0.255 e. The molecule has 11 heteroatoms. The third-order valence-electron chi connectivity index (χ3n) is 5.17. The average molecular weight is 451 g/mol. The molecule has 0 unspecified atom stereocenters. The first-order chi connectivity index (χ1) is 16.4. The number of rotatable bonds is 4. The molecule has 0 spiro atoms. The summed E-state index contributed by atoms with van der Waals surface area (Å²) in [6.07, 6.45) is 3.21. The van der Waals surface area contributed by atoms with Crippen LogP contribution < -0.4 is 0 Å². The van der Waals surface area contributed by atoms with Crippen molar-refractivity contribution in [3.05, 3.63) is 71.6 Å². The Kier molecular flexibility index (Phi) is 4.98. The van der Waals surface area contributed by atoms with E-state index < -0.39 is 0 Å². The summed E-state index contributed by atoms with van der Waals surface area (Å²) in [5.74, 6) is 1.22. The zero-order chi connectivity index (χ0) is 23.9. The average Bonchev–Trinajstić information content (AvgIpc) is 3.50. The van der Waals surface area contributed by atoms with Gasteiger partial charge in [-0.15, -0.1) is 10.2 Å². The minimum Gasteiger partial charge on any atom is -0.257 e. The van der Waals surface area contributed by atoms with Crippen LogP contribution in [0.25, 0.3) is 27.8 Å². The van der Waals surface area contributed by atoms with Crippen molar-refractivity contribution in [2.75, 3.05) is 0 Å². The van der Waals surface area contributed by atoms with Crippen LogP contribution in [-0.4, -0.2) is 39.6 Å². The van der Waals surface area contributed by atoms with Gasteiger partial charge in [-0.2, -0.15) is 24.5 Å². The minimum atomic E-state index is -0.323. The molecule has 0 aliphatic rings. The molecule has 1 N–H and O–H groups in total. The largest absolute Gasteiger partial charge is 0.257 e. The van der Waals surface area contributed by atoms with Gasteiger partial charge in [0.25, 0.3) is 11.6 Å². The maximum atomic E-state index is 7.62. The van der Waals surface area contributed by atoms with E-state index in [-0.39, 0.29) is 16.9 Å². The van der Waals surface area contributed by atoms with Crippen LogP contribution in [0.3, 0.4) is 0 Å². The van der Waals surface area contributed by atoms with Crippen LogP contribution in [0.15, 0.2) is 59.0 Å². The van der Waals surface area contributed by atoms with E-state index in [0.717, 1.165) is 11.3 Å². The van der Waals surface area contributed by atoms with Crippen molar-refractivity contribution in [3.8, 4) is 17.3 Å². The lowest BCUT2D eigenvalue weighted by atomic mass is 9.91. The molecule has 0 atom stereocenters. The fourth-order valence-electron chi connectivity index (χ4n) is 3.56. The van der Waals surface area contributed by atoms with E-state index in [1.54, 1.807) is 29.9 Å². The third kappa shape index (κ3) is 3.51. The molecule has 0 fully saturated rings. The van der Waals surface area contributed by atoms with Crippen molar-refractivity contribution < 1.29 is 0 Å². The highest BCUT2D eigenvalue weighted by Crippen LogP contribution is 2.38. The van der Waals surface area contributed by atoms with Gasteiger partial charge in [0.05, 0.1) is 18.0 Å². The molecule has 0 saturated carbocycles. The van der Waals surface area contributed by atoms with E-state index in [1.165, 1.54) is 4.68 Å². The zero-order valence-corrected chi connectivity index (χ0v) is 19.1. The first kappa shape index (κ1) is 21.1. The van der Waals surface area contributed by atoms with Gasteiger partial charge >= 0.3 is 0 Å². The molecule has 1 aromatic carbocycles. The summed E-state index contributed by atoms with van der Waals surface area (Å²) in [7, 11) is 0. The van der Waals surface area contributed by atoms with Crippen LogP contribution >= 0.6 is 0 Å². The van der Waals surface area contributed by atoms with E-state index in [0.29, 0.717) is 28.8 Å². The summed E-state index contributed by atoms with van der Waals surface area (Å²) >= 11 is 0. The lowest BCUT2D eigenvalue weighted by Gasteiger charge is -2.15. The summed E-state index contributed by atoms with van der Waals surface area (Å²) in [6.45, 7) is 15.5. The molecule has 0 radical (unpaired) electrons. The van der Waals surface area contributed by atoms with Crippen molar-refractivity contribution in [2.24, 2.45) is 10.2 Å². The maximum Gasteiger partial charge on any atom is 0.255 e. The lowest BCUT2D eigenvalue weighted by molar-refractivity contribution is 0.563. The number of H-pyrrole nitrogens is 1. The SMILES string of the molecule is [C-]#[N+]c1c(C)nn(-c2ncccn2)c1/N=N/c1c(C(C)(C)C)nn2c(-c3ccccc3)n[nH]c12. The summed E-state index contributed by atoms with van der Waals surface area (Å²) in [5, 5.41) is 25.8. The summed E-state index contributed by atoms with van der Waals surface area (Å²) in [5.41, 5.74) is 3.28. The van der Waals surface area contributed by atoms with Crippen LogP contribution in [0, 0.1) is 13.5 Å². The fraction of sp³-hybridized carbons (Fsp3) is 0.217. The Hall–Kier alpha value is -4.72. The normalized spacial score (nSPS) is 12.0. The molecular weight excluding hydrogens is 430 g/mol. The second-order valence-corrected chi connectivity index (χ2v) is 8.65. The number of nitrogens with one attached hydrogen (secondary N) is 1. The van der Waals surface area contributed by atoms with Crippen LogP contribution in [0.5, 0.6) is 0 Å². The Bertz CT molecular complexity index is 1540. The van der Waals surface area contributed by atoms with Gasteiger partial charge < -0.3 is 0 Å². The summed E-state index contributed by atoms with van der Waals surface area (Å²) < 4.78 is 3.16. The Morgan fingerprint density at radius 3 is 2.41 bits per heavy atom. The zero-order valence-electron chi connectivity index (χ0n) is 19.1. The van der Waals surface area contributed by atoms with E-state index in [1.807, 2.05) is 30.3 Å². The summed E-state index contributed by atoms with van der Waals surface area (Å²) in [4.78, 5) is 12.1.